The maximum atomic E-state index is 12.5. The first kappa shape index (κ1) is 21.4. The summed E-state index contributed by atoms with van der Waals surface area (Å²) in [7, 11) is 0. The van der Waals surface area contributed by atoms with E-state index >= 15 is 0 Å². The molecular formula is C20H21N5O4S2. The Hall–Kier alpha value is -2.86. The molecule has 0 unspecified atom stereocenters. The lowest BCUT2D eigenvalue weighted by Crippen LogP contribution is -2.43. The summed E-state index contributed by atoms with van der Waals surface area (Å²) in [5, 5.41) is 15.3. The van der Waals surface area contributed by atoms with Gasteiger partial charge in [0, 0.05) is 23.7 Å². The Morgan fingerprint density at radius 3 is 2.77 bits per heavy atom. The van der Waals surface area contributed by atoms with Gasteiger partial charge in [-0.25, -0.2) is 9.78 Å². The smallest absolute Gasteiger partial charge is 0.322 e. The highest BCUT2D eigenvalue weighted by Gasteiger charge is 2.18. The summed E-state index contributed by atoms with van der Waals surface area (Å²) in [5.74, 6) is -0.330. The van der Waals surface area contributed by atoms with E-state index in [9.17, 15) is 9.59 Å². The molecule has 3 amide bonds. The van der Waals surface area contributed by atoms with Crippen molar-refractivity contribution in [1.82, 2.24) is 14.9 Å². The third-order valence-corrected chi connectivity index (χ3v) is 6.59. The fourth-order valence-corrected chi connectivity index (χ4v) is 4.84. The van der Waals surface area contributed by atoms with E-state index in [4.69, 9.17) is 9.84 Å². The molecule has 1 saturated heterocycles. The summed E-state index contributed by atoms with van der Waals surface area (Å²) in [6.07, 6.45) is 1.68. The van der Waals surface area contributed by atoms with Gasteiger partial charge in [-0.15, -0.1) is 0 Å². The third-order valence-electron chi connectivity index (χ3n) is 4.50. The molecule has 4 rings (SSSR count). The second-order valence-corrected chi connectivity index (χ2v) is 8.99. The van der Waals surface area contributed by atoms with Crippen LogP contribution in [0.2, 0.25) is 0 Å². The lowest BCUT2D eigenvalue weighted by molar-refractivity contribution is 0.0564. The first-order chi connectivity index (χ1) is 15.1. The van der Waals surface area contributed by atoms with Crippen molar-refractivity contribution in [1.29, 1.82) is 0 Å². The van der Waals surface area contributed by atoms with Crippen molar-refractivity contribution in [2.24, 2.45) is 0 Å². The quantitative estimate of drug-likeness (QED) is 0.449. The molecule has 2 aromatic heterocycles. The van der Waals surface area contributed by atoms with Crippen LogP contribution in [0.15, 0.2) is 51.7 Å². The number of urea groups is 1. The van der Waals surface area contributed by atoms with E-state index < -0.39 is 0 Å². The first-order valence-electron chi connectivity index (χ1n) is 9.59. The van der Waals surface area contributed by atoms with E-state index in [0.29, 0.717) is 48.5 Å². The maximum Gasteiger partial charge on any atom is 0.322 e. The Bertz CT molecular complexity index is 1060. The molecule has 31 heavy (non-hydrogen) atoms. The highest BCUT2D eigenvalue weighted by atomic mass is 32.2. The minimum atomic E-state index is -0.330. The number of para-hydroxylation sites is 1. The van der Waals surface area contributed by atoms with Gasteiger partial charge >= 0.3 is 6.03 Å². The summed E-state index contributed by atoms with van der Waals surface area (Å²) in [6, 6.07) is 10.7. The van der Waals surface area contributed by atoms with Gasteiger partial charge in [0.2, 0.25) is 0 Å². The number of carbonyl (C=O) groups excluding carboxylic acids is 2. The lowest BCUT2D eigenvalue weighted by atomic mass is 10.3. The Kier molecular flexibility index (Phi) is 6.87. The largest absolute Gasteiger partial charge is 0.390 e. The molecule has 11 heteroatoms. The van der Waals surface area contributed by atoms with Gasteiger partial charge in [-0.2, -0.15) is 0 Å². The number of aromatic nitrogens is 2. The molecule has 4 N–H and O–H groups in total. The number of aliphatic hydroxyl groups is 1. The van der Waals surface area contributed by atoms with Crippen molar-refractivity contribution < 1.29 is 19.4 Å². The number of nitrogens with zero attached hydrogens (tertiary/aromatic N) is 2. The predicted molar refractivity (Wildman–Crippen MR) is 119 cm³/mol. The topological polar surface area (TPSA) is 120 Å². The molecule has 0 radical (unpaired) electrons. The summed E-state index contributed by atoms with van der Waals surface area (Å²) in [4.78, 5) is 34.6. The minimum absolute atomic E-state index is 0.151. The molecule has 0 spiro atoms. The van der Waals surface area contributed by atoms with E-state index in [1.54, 1.807) is 23.2 Å². The highest BCUT2D eigenvalue weighted by Crippen LogP contribution is 2.37. The molecule has 1 aromatic carbocycles. The zero-order valence-electron chi connectivity index (χ0n) is 16.5. The summed E-state index contributed by atoms with van der Waals surface area (Å²) in [5.41, 5.74) is 1.63. The van der Waals surface area contributed by atoms with Crippen LogP contribution in [0.3, 0.4) is 0 Å². The van der Waals surface area contributed by atoms with Crippen LogP contribution in [-0.2, 0) is 11.3 Å². The second kappa shape index (κ2) is 9.96. The van der Waals surface area contributed by atoms with Gasteiger partial charge < -0.3 is 25.0 Å². The summed E-state index contributed by atoms with van der Waals surface area (Å²) in [6.45, 7) is 2.07. The fourth-order valence-electron chi connectivity index (χ4n) is 2.92. The number of aliphatic hydroxyl groups excluding tert-OH is 1. The molecule has 0 atom stereocenters. The number of H-pyrrole nitrogens is 1. The molecule has 0 aliphatic carbocycles. The predicted octanol–water partition coefficient (Wildman–Crippen LogP) is 3.23. The monoisotopic (exact) mass is 459 g/mol. The molecule has 1 aliphatic rings. The van der Waals surface area contributed by atoms with Crippen molar-refractivity contribution >= 4 is 45.9 Å². The van der Waals surface area contributed by atoms with Gasteiger partial charge in [-0.3, -0.25) is 10.1 Å². The normalized spacial score (nSPS) is 13.8. The van der Waals surface area contributed by atoms with Crippen LogP contribution in [0.25, 0.3) is 0 Å². The molecule has 9 nitrogen and oxygen atoms in total. The Balaban J connectivity index is 1.40. The van der Waals surface area contributed by atoms with Crippen molar-refractivity contribution in [3.05, 3.63) is 54.0 Å². The Labute approximate surface area is 186 Å². The van der Waals surface area contributed by atoms with Crippen molar-refractivity contribution in [3.63, 3.8) is 0 Å². The van der Waals surface area contributed by atoms with E-state index in [-0.39, 0.29) is 18.5 Å². The van der Waals surface area contributed by atoms with Crippen LogP contribution < -0.4 is 10.6 Å². The third kappa shape index (κ3) is 5.44. The zero-order valence-corrected chi connectivity index (χ0v) is 18.1. The maximum absolute atomic E-state index is 12.5. The van der Waals surface area contributed by atoms with Crippen LogP contribution in [0.5, 0.6) is 0 Å². The number of aromatic amines is 1. The van der Waals surface area contributed by atoms with Gasteiger partial charge in [0.1, 0.15) is 5.69 Å². The number of hydrogen-bond acceptors (Lipinski definition) is 7. The average Bonchev–Trinajstić information content (AvgIpc) is 3.45. The van der Waals surface area contributed by atoms with Crippen molar-refractivity contribution in [2.45, 2.75) is 15.7 Å². The van der Waals surface area contributed by atoms with E-state index in [2.05, 4.69) is 20.6 Å². The summed E-state index contributed by atoms with van der Waals surface area (Å²) < 4.78 is 6.16. The standard InChI is InChI=1S/C20H21N5O4S2/c26-12-13-5-6-15(22-13)18(27)24-19-21-11-17(31-19)30-16-4-2-1-3-14(16)23-20(28)25-7-9-29-10-8-25/h1-6,11,22,26H,7-10,12H2,(H,23,28)(H,21,24,27). The molecule has 1 fully saturated rings. The van der Waals surface area contributed by atoms with Crippen molar-refractivity contribution in [3.8, 4) is 0 Å². The van der Waals surface area contributed by atoms with Gasteiger partial charge in [-0.1, -0.05) is 35.2 Å². The van der Waals surface area contributed by atoms with E-state index in [1.165, 1.54) is 23.1 Å². The van der Waals surface area contributed by atoms with Gasteiger partial charge in [0.15, 0.2) is 5.13 Å². The van der Waals surface area contributed by atoms with Gasteiger partial charge in [-0.05, 0) is 24.3 Å². The van der Waals surface area contributed by atoms with E-state index in [0.717, 1.165) is 9.10 Å². The van der Waals surface area contributed by atoms with Crippen molar-refractivity contribution in [2.75, 3.05) is 36.9 Å². The zero-order chi connectivity index (χ0) is 21.6. The number of ether oxygens (including phenoxy) is 1. The fraction of sp³-hybridized carbons (Fsp3) is 0.250. The molecule has 162 valence electrons. The minimum Gasteiger partial charge on any atom is -0.390 e. The van der Waals surface area contributed by atoms with Crippen LogP contribution >= 0.6 is 23.1 Å². The number of nitrogens with one attached hydrogen (secondary N) is 3. The van der Waals surface area contributed by atoms with Gasteiger partial charge in [0.05, 0.1) is 35.9 Å². The van der Waals surface area contributed by atoms with Crippen LogP contribution in [0.4, 0.5) is 15.6 Å². The van der Waals surface area contributed by atoms with Crippen LogP contribution in [-0.4, -0.2) is 58.2 Å². The number of carbonyl (C=O) groups is 2. The number of thiazole rings is 1. The number of amides is 3. The average molecular weight is 460 g/mol. The van der Waals surface area contributed by atoms with Gasteiger partial charge in [0.25, 0.3) is 5.91 Å². The second-order valence-electron chi connectivity index (χ2n) is 6.62. The molecule has 3 aromatic rings. The number of morpholine rings is 1. The first-order valence-corrected chi connectivity index (χ1v) is 11.2. The van der Waals surface area contributed by atoms with E-state index in [1.807, 2.05) is 24.3 Å². The molecule has 1 aliphatic heterocycles. The highest BCUT2D eigenvalue weighted by molar-refractivity contribution is 8.01. The lowest BCUT2D eigenvalue weighted by Gasteiger charge is -2.27. The number of anilines is 2. The number of benzene rings is 1. The molecule has 0 saturated carbocycles. The number of hydrogen-bond donors (Lipinski definition) is 4. The molecular weight excluding hydrogens is 438 g/mol. The number of rotatable bonds is 6. The van der Waals surface area contributed by atoms with Crippen LogP contribution in [0, 0.1) is 0 Å². The van der Waals surface area contributed by atoms with Crippen LogP contribution in [0.1, 0.15) is 16.2 Å². The summed E-state index contributed by atoms with van der Waals surface area (Å²) >= 11 is 2.80. The Morgan fingerprint density at radius 2 is 2.00 bits per heavy atom. The molecule has 3 heterocycles. The SMILES string of the molecule is O=C(Nc1ncc(Sc2ccccc2NC(=O)N2CCOCC2)s1)c1ccc(CO)[nH]1. The molecule has 0 bridgehead atoms. The Morgan fingerprint density at radius 1 is 1.19 bits per heavy atom.